The van der Waals surface area contributed by atoms with Gasteiger partial charge in [-0.05, 0) is 36.4 Å². The summed E-state index contributed by atoms with van der Waals surface area (Å²) in [6, 6.07) is 11.2. The quantitative estimate of drug-likeness (QED) is 0.765. The molecule has 114 valence electrons. The maximum absolute atomic E-state index is 12.0. The molecule has 0 aliphatic carbocycles. The van der Waals surface area contributed by atoms with Gasteiger partial charge in [0.25, 0.3) is 0 Å². The Labute approximate surface area is 140 Å². The monoisotopic (exact) mass is 382 g/mol. The van der Waals surface area contributed by atoms with Crippen LogP contribution in [0.2, 0.25) is 5.02 Å². The predicted molar refractivity (Wildman–Crippen MR) is 89.6 cm³/mol. The largest absolute Gasteiger partial charge is 0.465 e. The lowest BCUT2D eigenvalue weighted by Crippen LogP contribution is -2.20. The highest BCUT2D eigenvalue weighted by molar-refractivity contribution is 9.10. The summed E-state index contributed by atoms with van der Waals surface area (Å²) in [4.78, 5) is 23.5. The minimum Gasteiger partial charge on any atom is -0.465 e. The molecule has 0 heterocycles. The molecule has 7 heteroatoms. The molecule has 2 rings (SSSR count). The molecular formula is C15H12BrClN2O3. The number of ether oxygens (including phenoxy) is 1. The third kappa shape index (κ3) is 4.22. The first-order valence-corrected chi connectivity index (χ1v) is 7.38. The molecule has 0 unspecified atom stereocenters. The normalized spacial score (nSPS) is 9.95. The van der Waals surface area contributed by atoms with Crippen molar-refractivity contribution in [3.05, 3.63) is 57.5 Å². The number of rotatable bonds is 3. The van der Waals surface area contributed by atoms with Crippen LogP contribution in [-0.2, 0) is 4.74 Å². The Balaban J connectivity index is 2.12. The molecule has 0 aliphatic heterocycles. The number of carbonyl (C=O) groups is 2. The molecule has 2 aromatic rings. The van der Waals surface area contributed by atoms with Gasteiger partial charge in [0.1, 0.15) is 0 Å². The van der Waals surface area contributed by atoms with Gasteiger partial charge in [0.05, 0.1) is 23.4 Å². The van der Waals surface area contributed by atoms with E-state index in [1.165, 1.54) is 25.3 Å². The highest BCUT2D eigenvalue weighted by Gasteiger charge is 2.11. The number of anilines is 2. The van der Waals surface area contributed by atoms with E-state index in [-0.39, 0.29) is 0 Å². The maximum atomic E-state index is 12.0. The summed E-state index contributed by atoms with van der Waals surface area (Å²) in [6.45, 7) is 0. The van der Waals surface area contributed by atoms with E-state index in [2.05, 4.69) is 31.3 Å². The van der Waals surface area contributed by atoms with E-state index in [0.717, 1.165) is 4.47 Å². The van der Waals surface area contributed by atoms with Gasteiger partial charge < -0.3 is 15.4 Å². The number of benzene rings is 2. The van der Waals surface area contributed by atoms with Gasteiger partial charge in [0.15, 0.2) is 0 Å². The fourth-order valence-electron chi connectivity index (χ4n) is 1.72. The van der Waals surface area contributed by atoms with E-state index in [9.17, 15) is 9.59 Å². The number of amides is 2. The van der Waals surface area contributed by atoms with Crippen molar-refractivity contribution in [2.45, 2.75) is 0 Å². The maximum Gasteiger partial charge on any atom is 0.337 e. The standard InChI is InChI=1S/C15H12BrClN2O3/c1-22-14(20)9-5-6-12(17)13(7-9)19-15(21)18-11-4-2-3-10(16)8-11/h2-8H,1H3,(H2,18,19,21). The second kappa shape index (κ2) is 7.29. The van der Waals surface area contributed by atoms with Crippen molar-refractivity contribution in [2.24, 2.45) is 0 Å². The summed E-state index contributed by atoms with van der Waals surface area (Å²) in [5.41, 5.74) is 1.23. The molecule has 0 saturated heterocycles. The SMILES string of the molecule is COC(=O)c1ccc(Cl)c(NC(=O)Nc2cccc(Br)c2)c1. The van der Waals surface area contributed by atoms with E-state index in [0.29, 0.717) is 22.0 Å². The summed E-state index contributed by atoms with van der Waals surface area (Å²) in [7, 11) is 1.28. The van der Waals surface area contributed by atoms with E-state index in [1.54, 1.807) is 18.2 Å². The molecule has 2 N–H and O–H groups in total. The summed E-state index contributed by atoms with van der Waals surface area (Å²) in [5, 5.41) is 5.58. The molecule has 0 atom stereocenters. The minimum atomic E-state index is -0.507. The van der Waals surface area contributed by atoms with Gasteiger partial charge in [-0.3, -0.25) is 0 Å². The zero-order chi connectivity index (χ0) is 16.1. The van der Waals surface area contributed by atoms with Crippen LogP contribution in [0.1, 0.15) is 10.4 Å². The Hall–Kier alpha value is -2.05. The number of carbonyl (C=O) groups excluding carboxylic acids is 2. The molecule has 22 heavy (non-hydrogen) atoms. The fraction of sp³-hybridized carbons (Fsp3) is 0.0667. The first-order chi connectivity index (χ1) is 10.5. The molecule has 2 aromatic carbocycles. The lowest BCUT2D eigenvalue weighted by molar-refractivity contribution is 0.0601. The number of esters is 1. The van der Waals surface area contributed by atoms with Gasteiger partial charge >= 0.3 is 12.0 Å². The third-order valence-corrected chi connectivity index (χ3v) is 3.54. The molecule has 0 spiro atoms. The fourth-order valence-corrected chi connectivity index (χ4v) is 2.28. The number of methoxy groups -OCH3 is 1. The van der Waals surface area contributed by atoms with Gasteiger partial charge in [-0.2, -0.15) is 0 Å². The van der Waals surface area contributed by atoms with Crippen LogP contribution in [0.4, 0.5) is 16.2 Å². The first-order valence-electron chi connectivity index (χ1n) is 6.21. The predicted octanol–water partition coefficient (Wildman–Crippen LogP) is 4.53. The van der Waals surface area contributed by atoms with Crippen LogP contribution in [0.15, 0.2) is 46.9 Å². The lowest BCUT2D eigenvalue weighted by atomic mass is 10.2. The topological polar surface area (TPSA) is 67.4 Å². The van der Waals surface area contributed by atoms with Gasteiger partial charge in [-0.1, -0.05) is 33.6 Å². The average Bonchev–Trinajstić information content (AvgIpc) is 2.48. The first kappa shape index (κ1) is 16.3. The molecular weight excluding hydrogens is 372 g/mol. The number of hydrogen-bond acceptors (Lipinski definition) is 3. The highest BCUT2D eigenvalue weighted by Crippen LogP contribution is 2.24. The Morgan fingerprint density at radius 2 is 1.91 bits per heavy atom. The molecule has 0 radical (unpaired) electrons. The van der Waals surface area contributed by atoms with E-state index in [1.807, 2.05) is 6.07 Å². The Kier molecular flexibility index (Phi) is 5.41. The van der Waals surface area contributed by atoms with Gasteiger partial charge in [-0.15, -0.1) is 0 Å². The Morgan fingerprint density at radius 1 is 1.14 bits per heavy atom. The average molecular weight is 384 g/mol. The van der Waals surface area contributed by atoms with Crippen LogP contribution in [0.25, 0.3) is 0 Å². The Morgan fingerprint density at radius 3 is 2.59 bits per heavy atom. The molecule has 5 nitrogen and oxygen atoms in total. The summed E-state index contributed by atoms with van der Waals surface area (Å²) in [5.74, 6) is -0.507. The third-order valence-electron chi connectivity index (χ3n) is 2.72. The molecule has 0 saturated carbocycles. The van der Waals surface area contributed by atoms with Crippen LogP contribution in [0.3, 0.4) is 0 Å². The van der Waals surface area contributed by atoms with Gasteiger partial charge in [-0.25, -0.2) is 9.59 Å². The van der Waals surface area contributed by atoms with Crippen molar-refractivity contribution in [2.75, 3.05) is 17.7 Å². The molecule has 2 amide bonds. The van der Waals surface area contributed by atoms with Crippen molar-refractivity contribution in [3.63, 3.8) is 0 Å². The smallest absolute Gasteiger partial charge is 0.337 e. The van der Waals surface area contributed by atoms with Crippen LogP contribution < -0.4 is 10.6 Å². The second-order valence-corrected chi connectivity index (χ2v) is 5.60. The van der Waals surface area contributed by atoms with E-state index >= 15 is 0 Å². The lowest BCUT2D eigenvalue weighted by Gasteiger charge is -2.10. The summed E-state index contributed by atoms with van der Waals surface area (Å²) >= 11 is 9.33. The van der Waals surface area contributed by atoms with Crippen LogP contribution in [-0.4, -0.2) is 19.1 Å². The van der Waals surface area contributed by atoms with Crippen molar-refractivity contribution in [1.29, 1.82) is 0 Å². The van der Waals surface area contributed by atoms with Crippen LogP contribution in [0.5, 0.6) is 0 Å². The highest BCUT2D eigenvalue weighted by atomic mass is 79.9. The number of urea groups is 1. The number of nitrogens with one attached hydrogen (secondary N) is 2. The summed E-state index contributed by atoms with van der Waals surface area (Å²) in [6.07, 6.45) is 0. The molecule has 0 aliphatic rings. The van der Waals surface area contributed by atoms with Crippen molar-refractivity contribution >= 4 is 50.9 Å². The number of halogens is 2. The van der Waals surface area contributed by atoms with E-state index < -0.39 is 12.0 Å². The van der Waals surface area contributed by atoms with Crippen molar-refractivity contribution in [3.8, 4) is 0 Å². The zero-order valence-corrected chi connectivity index (χ0v) is 13.9. The zero-order valence-electron chi connectivity index (χ0n) is 11.5. The molecule has 0 bridgehead atoms. The molecule has 0 fully saturated rings. The Bertz CT molecular complexity index is 722. The number of hydrogen-bond donors (Lipinski definition) is 2. The minimum absolute atomic E-state index is 0.296. The van der Waals surface area contributed by atoms with Crippen LogP contribution in [0, 0.1) is 0 Å². The summed E-state index contributed by atoms with van der Waals surface area (Å²) < 4.78 is 5.47. The molecule has 0 aromatic heterocycles. The van der Waals surface area contributed by atoms with Crippen molar-refractivity contribution in [1.82, 2.24) is 0 Å². The van der Waals surface area contributed by atoms with Crippen LogP contribution >= 0.6 is 27.5 Å². The van der Waals surface area contributed by atoms with Crippen molar-refractivity contribution < 1.29 is 14.3 Å². The van der Waals surface area contributed by atoms with Gasteiger partial charge in [0, 0.05) is 10.2 Å². The van der Waals surface area contributed by atoms with E-state index in [4.69, 9.17) is 11.6 Å². The van der Waals surface area contributed by atoms with Gasteiger partial charge in [0.2, 0.25) is 0 Å². The second-order valence-electron chi connectivity index (χ2n) is 4.28.